The van der Waals surface area contributed by atoms with Crippen LogP contribution in [-0.2, 0) is 5.54 Å². The summed E-state index contributed by atoms with van der Waals surface area (Å²) in [5.74, 6) is 0. The Labute approximate surface area is 131 Å². The molecule has 0 spiro atoms. The molecule has 1 aromatic heterocycles. The van der Waals surface area contributed by atoms with E-state index in [1.54, 1.807) is 11.3 Å². The van der Waals surface area contributed by atoms with E-state index in [4.69, 9.17) is 10.7 Å². The van der Waals surface area contributed by atoms with Gasteiger partial charge < -0.3 is 5.73 Å². The second-order valence-corrected chi connectivity index (χ2v) is 7.56. The van der Waals surface area contributed by atoms with E-state index >= 15 is 0 Å². The first kappa shape index (κ1) is 14.7. The van der Waals surface area contributed by atoms with E-state index in [1.165, 1.54) is 41.7 Å². The zero-order valence-electron chi connectivity index (χ0n) is 13.0. The van der Waals surface area contributed by atoms with Crippen LogP contribution in [0.4, 0.5) is 0 Å². The lowest BCUT2D eigenvalue weighted by molar-refractivity contribution is 0.384. The van der Waals surface area contributed by atoms with Gasteiger partial charge in [-0.1, -0.05) is 55.5 Å². The number of rotatable bonds is 2. The van der Waals surface area contributed by atoms with Crippen LogP contribution in [-0.4, -0.2) is 4.98 Å². The third-order valence-corrected chi connectivity index (χ3v) is 5.73. The fraction of sp³-hybridized carbons (Fsp3) is 0.500. The number of nitrogens with zero attached hydrogens (tertiary/aromatic N) is 1. The average molecular weight is 300 g/mol. The average Bonchev–Trinajstić information content (AvgIpc) is 2.72. The van der Waals surface area contributed by atoms with Crippen LogP contribution in [0.15, 0.2) is 24.3 Å². The molecule has 0 saturated heterocycles. The molecule has 3 heteroatoms. The van der Waals surface area contributed by atoms with Gasteiger partial charge in [-0.05, 0) is 26.7 Å². The Morgan fingerprint density at radius 1 is 1.00 bits per heavy atom. The van der Waals surface area contributed by atoms with Crippen LogP contribution in [0.1, 0.15) is 54.0 Å². The van der Waals surface area contributed by atoms with Gasteiger partial charge in [-0.25, -0.2) is 4.98 Å². The maximum atomic E-state index is 6.71. The first-order valence-electron chi connectivity index (χ1n) is 7.92. The van der Waals surface area contributed by atoms with Crippen molar-refractivity contribution in [1.82, 2.24) is 4.98 Å². The predicted octanol–water partition coefficient (Wildman–Crippen LogP) is 4.94. The van der Waals surface area contributed by atoms with Gasteiger partial charge in [0.1, 0.15) is 5.01 Å². The summed E-state index contributed by atoms with van der Waals surface area (Å²) in [6.45, 7) is 4.28. The van der Waals surface area contributed by atoms with Crippen molar-refractivity contribution in [2.24, 2.45) is 5.73 Å². The van der Waals surface area contributed by atoms with Crippen LogP contribution >= 0.6 is 11.3 Å². The van der Waals surface area contributed by atoms with E-state index in [0.29, 0.717) is 0 Å². The van der Waals surface area contributed by atoms with Crippen LogP contribution < -0.4 is 5.73 Å². The third-order valence-electron chi connectivity index (χ3n) is 4.54. The van der Waals surface area contributed by atoms with Crippen molar-refractivity contribution < 1.29 is 0 Å². The Morgan fingerprint density at radius 2 is 1.62 bits per heavy atom. The molecule has 112 valence electrons. The van der Waals surface area contributed by atoms with Gasteiger partial charge in [-0.3, -0.25) is 0 Å². The quantitative estimate of drug-likeness (QED) is 0.798. The molecular weight excluding hydrogens is 276 g/mol. The number of aryl methyl sites for hydroxylation is 2. The first-order chi connectivity index (χ1) is 10.1. The Balaban J connectivity index is 1.95. The summed E-state index contributed by atoms with van der Waals surface area (Å²) in [5.41, 5.74) is 10.1. The maximum Gasteiger partial charge on any atom is 0.113 e. The Bertz CT molecular complexity index is 605. The number of benzene rings is 1. The fourth-order valence-electron chi connectivity index (χ4n) is 3.16. The summed E-state index contributed by atoms with van der Waals surface area (Å²) in [4.78, 5) is 6.22. The zero-order chi connectivity index (χ0) is 14.9. The minimum atomic E-state index is -0.200. The molecule has 1 aliphatic rings. The minimum Gasteiger partial charge on any atom is -0.319 e. The van der Waals surface area contributed by atoms with Gasteiger partial charge in [0.05, 0.1) is 11.2 Å². The van der Waals surface area contributed by atoms with E-state index in [-0.39, 0.29) is 5.54 Å². The second-order valence-electron chi connectivity index (χ2n) is 6.36. The van der Waals surface area contributed by atoms with Gasteiger partial charge >= 0.3 is 0 Å². The number of thiazole rings is 1. The van der Waals surface area contributed by atoms with E-state index in [9.17, 15) is 0 Å². The lowest BCUT2D eigenvalue weighted by atomic mass is 9.92. The van der Waals surface area contributed by atoms with Crippen molar-refractivity contribution in [3.63, 3.8) is 0 Å². The highest BCUT2D eigenvalue weighted by atomic mass is 32.1. The molecule has 1 fully saturated rings. The highest BCUT2D eigenvalue weighted by Crippen LogP contribution is 2.38. The van der Waals surface area contributed by atoms with Crippen molar-refractivity contribution in [3.05, 3.63) is 39.7 Å². The Kier molecular flexibility index (Phi) is 4.14. The maximum absolute atomic E-state index is 6.71. The molecule has 2 nitrogen and oxygen atoms in total. The molecular formula is C18H24N2S. The van der Waals surface area contributed by atoms with E-state index in [2.05, 4.69) is 38.1 Å². The van der Waals surface area contributed by atoms with Crippen LogP contribution in [0.25, 0.3) is 11.3 Å². The highest BCUT2D eigenvalue weighted by Gasteiger charge is 2.32. The molecule has 1 aliphatic carbocycles. The first-order valence-corrected chi connectivity index (χ1v) is 8.74. The van der Waals surface area contributed by atoms with Crippen molar-refractivity contribution in [2.75, 3.05) is 0 Å². The number of nitrogens with two attached hydrogens (primary N) is 1. The molecule has 1 saturated carbocycles. The molecule has 1 heterocycles. The monoisotopic (exact) mass is 300 g/mol. The van der Waals surface area contributed by atoms with Gasteiger partial charge in [0.2, 0.25) is 0 Å². The van der Waals surface area contributed by atoms with Crippen molar-refractivity contribution in [1.29, 1.82) is 0 Å². The number of hydrogen-bond donors (Lipinski definition) is 1. The normalized spacial score (nSPS) is 18.4. The van der Waals surface area contributed by atoms with Crippen molar-refractivity contribution in [2.45, 2.75) is 57.9 Å². The SMILES string of the molecule is Cc1ccc(-c2nc(C3(N)CCCCCC3)sc2C)cc1. The summed E-state index contributed by atoms with van der Waals surface area (Å²) in [6.07, 6.45) is 7.24. The highest BCUT2D eigenvalue weighted by molar-refractivity contribution is 7.12. The van der Waals surface area contributed by atoms with Crippen molar-refractivity contribution >= 4 is 11.3 Å². The molecule has 1 aromatic carbocycles. The largest absolute Gasteiger partial charge is 0.319 e. The standard InChI is InChI=1S/C18H24N2S/c1-13-7-9-15(10-8-13)16-14(2)21-17(20-16)18(19)11-5-3-4-6-12-18/h7-10H,3-6,11-12,19H2,1-2H3. The minimum absolute atomic E-state index is 0.200. The third kappa shape index (κ3) is 3.04. The molecule has 0 aliphatic heterocycles. The van der Waals surface area contributed by atoms with Crippen LogP contribution in [0.5, 0.6) is 0 Å². The van der Waals surface area contributed by atoms with Crippen LogP contribution in [0, 0.1) is 13.8 Å². The lowest BCUT2D eigenvalue weighted by Gasteiger charge is -2.25. The molecule has 2 aromatic rings. The molecule has 2 N–H and O–H groups in total. The van der Waals surface area contributed by atoms with Gasteiger partial charge in [0, 0.05) is 10.4 Å². The second kappa shape index (κ2) is 5.90. The molecule has 0 radical (unpaired) electrons. The Morgan fingerprint density at radius 3 is 2.24 bits per heavy atom. The molecule has 0 amide bonds. The van der Waals surface area contributed by atoms with Crippen LogP contribution in [0.3, 0.4) is 0 Å². The number of hydrogen-bond acceptors (Lipinski definition) is 3. The summed E-state index contributed by atoms with van der Waals surface area (Å²) in [6, 6.07) is 8.63. The number of aromatic nitrogens is 1. The molecule has 0 bridgehead atoms. The summed E-state index contributed by atoms with van der Waals surface area (Å²) < 4.78 is 0. The molecule has 0 atom stereocenters. The van der Waals surface area contributed by atoms with E-state index in [0.717, 1.165) is 23.5 Å². The topological polar surface area (TPSA) is 38.9 Å². The van der Waals surface area contributed by atoms with Gasteiger partial charge in [-0.15, -0.1) is 11.3 Å². The lowest BCUT2D eigenvalue weighted by Crippen LogP contribution is -2.35. The summed E-state index contributed by atoms with van der Waals surface area (Å²) in [7, 11) is 0. The predicted molar refractivity (Wildman–Crippen MR) is 90.6 cm³/mol. The van der Waals surface area contributed by atoms with Gasteiger partial charge in [-0.2, -0.15) is 0 Å². The van der Waals surface area contributed by atoms with Gasteiger partial charge in [0.15, 0.2) is 0 Å². The molecule has 21 heavy (non-hydrogen) atoms. The van der Waals surface area contributed by atoms with Crippen LogP contribution in [0.2, 0.25) is 0 Å². The van der Waals surface area contributed by atoms with Gasteiger partial charge in [0.25, 0.3) is 0 Å². The summed E-state index contributed by atoms with van der Waals surface area (Å²) >= 11 is 1.79. The molecule has 0 unspecified atom stereocenters. The smallest absolute Gasteiger partial charge is 0.113 e. The van der Waals surface area contributed by atoms with E-state index < -0.39 is 0 Å². The van der Waals surface area contributed by atoms with E-state index in [1.807, 2.05) is 0 Å². The molecule has 3 rings (SSSR count). The summed E-state index contributed by atoms with van der Waals surface area (Å²) in [5, 5.41) is 1.14. The zero-order valence-corrected chi connectivity index (χ0v) is 13.8. The Hall–Kier alpha value is -1.19. The van der Waals surface area contributed by atoms with Crippen molar-refractivity contribution in [3.8, 4) is 11.3 Å². The fourth-order valence-corrected chi connectivity index (χ4v) is 4.26.